The fourth-order valence-electron chi connectivity index (χ4n) is 1.06. The van der Waals surface area contributed by atoms with Gasteiger partial charge in [-0.05, 0) is 0 Å². The van der Waals surface area contributed by atoms with Crippen molar-refractivity contribution in [2.75, 3.05) is 26.4 Å². The average Bonchev–Trinajstić information content (AvgIpc) is 2.39. The van der Waals surface area contributed by atoms with Crippen LogP contribution in [0.15, 0.2) is 0 Å². The smallest absolute Gasteiger partial charge is 0.296 e. The lowest BCUT2D eigenvalue weighted by molar-refractivity contribution is -0.372. The molecule has 0 saturated heterocycles. The van der Waals surface area contributed by atoms with Crippen LogP contribution in [0.2, 0.25) is 0 Å². The van der Waals surface area contributed by atoms with Gasteiger partial charge < -0.3 is 19.9 Å². The zero-order valence-electron chi connectivity index (χ0n) is 10.1. The van der Waals surface area contributed by atoms with Crippen molar-refractivity contribution in [1.29, 1.82) is 15.8 Å². The van der Waals surface area contributed by atoms with Crippen LogP contribution >= 0.6 is 0 Å². The van der Waals surface area contributed by atoms with Crippen molar-refractivity contribution >= 4 is 0 Å². The molecule has 0 heterocycles. The Morgan fingerprint density at radius 3 is 1.33 bits per heavy atom. The van der Waals surface area contributed by atoms with E-state index in [1.165, 1.54) is 0 Å². The predicted molar refractivity (Wildman–Crippen MR) is 60.3 cm³/mol. The van der Waals surface area contributed by atoms with Gasteiger partial charge in [-0.1, -0.05) is 0 Å². The largest absolute Gasteiger partial charge is 0.325 e. The topological polar surface area (TPSA) is 125 Å². The van der Waals surface area contributed by atoms with Gasteiger partial charge in [0, 0.05) is 0 Å². The molecule has 18 heavy (non-hydrogen) atoms. The van der Waals surface area contributed by atoms with Gasteiger partial charge in [0.25, 0.3) is 5.97 Å². The van der Waals surface area contributed by atoms with E-state index in [0.29, 0.717) is 0 Å². The lowest BCUT2D eigenvalue weighted by Gasteiger charge is -2.31. The van der Waals surface area contributed by atoms with Crippen molar-refractivity contribution < 1.29 is 14.2 Å². The molecule has 0 rings (SSSR count). The highest BCUT2D eigenvalue weighted by Crippen LogP contribution is 2.15. The van der Waals surface area contributed by atoms with Gasteiger partial charge in [0.2, 0.25) is 0 Å². The molecule has 0 fully saturated rings. The number of nitriles is 3. The highest BCUT2D eigenvalue weighted by atomic mass is 16.9. The molecule has 7 nitrogen and oxygen atoms in total. The number of hydrogen-bond acceptors (Lipinski definition) is 7. The molecular weight excluding hydrogens is 236 g/mol. The molecule has 2 N–H and O–H groups in total. The van der Waals surface area contributed by atoms with E-state index in [4.69, 9.17) is 35.7 Å². The summed E-state index contributed by atoms with van der Waals surface area (Å²) in [6, 6.07) is 5.75. The minimum absolute atomic E-state index is 0.0880. The van der Waals surface area contributed by atoms with Gasteiger partial charge in [0.1, 0.15) is 0 Å². The normalized spacial score (nSPS) is 10.3. The summed E-state index contributed by atoms with van der Waals surface area (Å²) in [5, 5.41) is 25.3. The first-order valence-electron chi connectivity index (χ1n) is 5.47. The number of nitrogens with two attached hydrogens (primary N) is 1. The minimum Gasteiger partial charge on any atom is -0.325 e. The van der Waals surface area contributed by atoms with Crippen LogP contribution in [0.4, 0.5) is 0 Å². The van der Waals surface area contributed by atoms with Crippen LogP contribution in [-0.2, 0) is 14.2 Å². The van der Waals surface area contributed by atoms with Gasteiger partial charge in [0.05, 0.1) is 63.8 Å². The molecule has 0 bridgehead atoms. The maximum absolute atomic E-state index is 8.44. The molecule has 0 spiro atoms. The van der Waals surface area contributed by atoms with Crippen molar-refractivity contribution in [2.24, 2.45) is 5.73 Å². The van der Waals surface area contributed by atoms with Crippen LogP contribution in [-0.4, -0.2) is 32.3 Å². The molecular formula is C11H16N4O3. The molecule has 98 valence electrons. The molecule has 0 unspecified atom stereocenters. The molecule has 7 heteroatoms. The maximum Gasteiger partial charge on any atom is 0.296 e. The summed E-state index contributed by atoms with van der Waals surface area (Å²) in [5.41, 5.74) is 5.53. The first kappa shape index (κ1) is 16.3. The summed E-state index contributed by atoms with van der Waals surface area (Å²) < 4.78 is 15.9. The van der Waals surface area contributed by atoms with Crippen LogP contribution in [0.1, 0.15) is 19.3 Å². The summed E-state index contributed by atoms with van der Waals surface area (Å²) >= 11 is 0. The molecule has 0 aromatic heterocycles. The van der Waals surface area contributed by atoms with Gasteiger partial charge >= 0.3 is 0 Å². The quantitative estimate of drug-likeness (QED) is 0.440. The van der Waals surface area contributed by atoms with Crippen LogP contribution < -0.4 is 5.73 Å². The van der Waals surface area contributed by atoms with E-state index >= 15 is 0 Å². The fourth-order valence-corrected chi connectivity index (χ4v) is 1.06. The Labute approximate surface area is 106 Å². The molecule has 0 atom stereocenters. The third-order valence-electron chi connectivity index (χ3n) is 1.86. The van der Waals surface area contributed by atoms with Crippen molar-refractivity contribution in [3.63, 3.8) is 0 Å². The van der Waals surface area contributed by atoms with E-state index in [0.717, 1.165) is 0 Å². The predicted octanol–water partition coefficient (Wildman–Crippen LogP) is 0.390. The highest BCUT2D eigenvalue weighted by molar-refractivity contribution is 4.72. The maximum atomic E-state index is 8.44. The summed E-state index contributed by atoms with van der Waals surface area (Å²) in [5.74, 6) is -1.48. The Hall–Kier alpha value is -1.69. The number of rotatable bonds is 10. The second kappa shape index (κ2) is 10.5. The Morgan fingerprint density at radius 2 is 1.11 bits per heavy atom. The standard InChI is InChI=1S/C11H16N4O3/c12-4-1-7-16-11(10-15,17-8-2-5-13)18-9-3-6-14/h1-3,7-10,15H2. The Morgan fingerprint density at radius 1 is 0.778 bits per heavy atom. The summed E-state index contributed by atoms with van der Waals surface area (Å²) in [6.07, 6.45) is 0.515. The highest BCUT2D eigenvalue weighted by Gasteiger charge is 2.31. The second-order valence-electron chi connectivity index (χ2n) is 3.16. The van der Waals surface area contributed by atoms with E-state index < -0.39 is 5.97 Å². The van der Waals surface area contributed by atoms with E-state index in [2.05, 4.69) is 0 Å². The molecule has 0 aliphatic carbocycles. The third kappa shape index (κ3) is 6.80. The van der Waals surface area contributed by atoms with Gasteiger partial charge in [-0.2, -0.15) is 15.8 Å². The number of nitrogens with zero attached hydrogens (tertiary/aromatic N) is 3. The Bertz CT molecular complexity index is 289. The summed E-state index contributed by atoms with van der Waals surface area (Å²) in [7, 11) is 0. The van der Waals surface area contributed by atoms with Gasteiger partial charge in [-0.15, -0.1) is 0 Å². The van der Waals surface area contributed by atoms with Crippen molar-refractivity contribution in [2.45, 2.75) is 25.2 Å². The van der Waals surface area contributed by atoms with E-state index in [1.807, 2.05) is 18.2 Å². The van der Waals surface area contributed by atoms with E-state index in [1.54, 1.807) is 0 Å². The van der Waals surface area contributed by atoms with E-state index in [9.17, 15) is 0 Å². The average molecular weight is 252 g/mol. The zero-order valence-corrected chi connectivity index (χ0v) is 10.1. The van der Waals surface area contributed by atoms with Gasteiger partial charge in [-0.25, -0.2) is 0 Å². The Kier molecular flexibility index (Phi) is 9.48. The number of ether oxygens (including phenoxy) is 3. The second-order valence-corrected chi connectivity index (χ2v) is 3.16. The third-order valence-corrected chi connectivity index (χ3v) is 1.86. The molecule has 0 amide bonds. The molecule has 0 aromatic carbocycles. The summed E-state index contributed by atoms with van der Waals surface area (Å²) in [6.45, 7) is 0.224. The van der Waals surface area contributed by atoms with Crippen molar-refractivity contribution in [3.8, 4) is 18.2 Å². The lowest BCUT2D eigenvalue weighted by atomic mass is 10.4. The molecule has 0 saturated carbocycles. The van der Waals surface area contributed by atoms with Gasteiger partial charge in [-0.3, -0.25) is 0 Å². The van der Waals surface area contributed by atoms with Crippen LogP contribution in [0.3, 0.4) is 0 Å². The van der Waals surface area contributed by atoms with Crippen molar-refractivity contribution in [3.05, 3.63) is 0 Å². The van der Waals surface area contributed by atoms with E-state index in [-0.39, 0.29) is 45.6 Å². The van der Waals surface area contributed by atoms with Gasteiger partial charge in [0.15, 0.2) is 0 Å². The lowest BCUT2D eigenvalue weighted by Crippen LogP contribution is -2.47. The van der Waals surface area contributed by atoms with Crippen LogP contribution in [0.5, 0.6) is 0 Å². The Balaban J connectivity index is 4.36. The van der Waals surface area contributed by atoms with Crippen molar-refractivity contribution in [1.82, 2.24) is 0 Å². The molecule has 0 radical (unpaired) electrons. The minimum atomic E-state index is -1.48. The molecule has 0 aliphatic heterocycles. The SMILES string of the molecule is N#CCCOC(CN)(OCCC#N)OCCC#N. The molecule has 0 aliphatic rings. The first-order chi connectivity index (χ1) is 8.74. The first-order valence-corrected chi connectivity index (χ1v) is 5.47. The monoisotopic (exact) mass is 252 g/mol. The molecule has 0 aromatic rings. The number of hydrogen-bond donors (Lipinski definition) is 1. The fraction of sp³-hybridized carbons (Fsp3) is 0.727. The zero-order chi connectivity index (χ0) is 13.7. The van der Waals surface area contributed by atoms with Crippen LogP contribution in [0.25, 0.3) is 0 Å². The van der Waals surface area contributed by atoms with Crippen LogP contribution in [0, 0.1) is 34.0 Å². The summed E-state index contributed by atoms with van der Waals surface area (Å²) in [4.78, 5) is 0.